The summed E-state index contributed by atoms with van der Waals surface area (Å²) < 4.78 is 7.09. The zero-order chi connectivity index (χ0) is 11.0. The minimum absolute atomic E-state index is 0.0713. The molecule has 0 aromatic carbocycles. The predicted molar refractivity (Wildman–Crippen MR) is 59.1 cm³/mol. The average molecular weight is 210 g/mol. The van der Waals surface area contributed by atoms with E-state index in [-0.39, 0.29) is 12.5 Å². The maximum absolute atomic E-state index is 8.83. The Labute approximate surface area is 86.6 Å². The number of likely N-dealkylation sites (N-methyl/N-ethyl adjacent to an activating group) is 1. The lowest BCUT2D eigenvalue weighted by molar-refractivity contribution is 0.295. The van der Waals surface area contributed by atoms with Gasteiger partial charge in [-0.15, -0.1) is 0 Å². The molecule has 2 aromatic rings. The van der Waals surface area contributed by atoms with Crippen LogP contribution >= 0.6 is 0 Å². The molecule has 0 spiro atoms. The zero-order valence-electron chi connectivity index (χ0n) is 8.47. The van der Waals surface area contributed by atoms with Crippen LogP contribution < -0.4 is 16.5 Å². The Balaban J connectivity index is 2.48. The van der Waals surface area contributed by atoms with Gasteiger partial charge in [0.05, 0.1) is 18.5 Å². The molecule has 2 aromatic heterocycles. The van der Waals surface area contributed by atoms with Gasteiger partial charge in [-0.25, -0.2) is 4.68 Å². The molecule has 0 bridgehead atoms. The first kappa shape index (κ1) is 9.72. The normalized spacial score (nSPS) is 11.1. The van der Waals surface area contributed by atoms with Gasteiger partial charge in [-0.05, 0) is 6.07 Å². The van der Waals surface area contributed by atoms with Crippen LogP contribution in [-0.4, -0.2) is 30.0 Å². The standard InChI is InChI=1S/C9H14N4O2/c1-12(4-5-14)13-3-2-6-7(10)8(11)15-9(6)13/h2-3,14H,4-5,10-11H2,1H3. The number of aliphatic hydroxyl groups is 1. The van der Waals surface area contributed by atoms with Crippen molar-refractivity contribution in [1.29, 1.82) is 0 Å². The molecule has 6 heteroatoms. The average Bonchev–Trinajstić information content (AvgIpc) is 2.70. The van der Waals surface area contributed by atoms with Gasteiger partial charge >= 0.3 is 0 Å². The summed E-state index contributed by atoms with van der Waals surface area (Å²) in [6, 6.07) is 1.83. The molecule has 0 aliphatic carbocycles. The van der Waals surface area contributed by atoms with Crippen molar-refractivity contribution in [3.63, 3.8) is 0 Å². The first-order valence-corrected chi connectivity index (χ1v) is 4.62. The number of nitrogens with two attached hydrogens (primary N) is 2. The lowest BCUT2D eigenvalue weighted by Gasteiger charge is -2.18. The summed E-state index contributed by atoms with van der Waals surface area (Å²) in [4.78, 5) is 0. The minimum atomic E-state index is 0.0713. The number of hydrogen-bond acceptors (Lipinski definition) is 5. The maximum atomic E-state index is 8.83. The number of anilines is 2. The van der Waals surface area contributed by atoms with Crippen molar-refractivity contribution >= 4 is 22.7 Å². The van der Waals surface area contributed by atoms with Crippen molar-refractivity contribution in [2.75, 3.05) is 36.7 Å². The number of fused-ring (bicyclic) bond motifs is 1. The predicted octanol–water partition coefficient (Wildman–Crippen LogP) is -0.0412. The van der Waals surface area contributed by atoms with E-state index in [0.29, 0.717) is 17.9 Å². The van der Waals surface area contributed by atoms with Gasteiger partial charge < -0.3 is 26.0 Å². The molecule has 0 aliphatic rings. The van der Waals surface area contributed by atoms with Gasteiger partial charge in [0.1, 0.15) is 5.69 Å². The quantitative estimate of drug-likeness (QED) is 0.660. The number of nitrogens with zero attached hydrogens (tertiary/aromatic N) is 2. The molecule has 5 N–H and O–H groups in total. The summed E-state index contributed by atoms with van der Waals surface area (Å²) in [6.45, 7) is 0.576. The molecule has 0 radical (unpaired) electrons. The first-order valence-electron chi connectivity index (χ1n) is 4.62. The van der Waals surface area contributed by atoms with E-state index < -0.39 is 0 Å². The second-order valence-corrected chi connectivity index (χ2v) is 3.36. The lowest BCUT2D eigenvalue weighted by Crippen LogP contribution is -2.31. The highest BCUT2D eigenvalue weighted by atomic mass is 16.4. The lowest BCUT2D eigenvalue weighted by atomic mass is 10.3. The second kappa shape index (κ2) is 3.39. The van der Waals surface area contributed by atoms with E-state index in [1.165, 1.54) is 0 Å². The number of furan rings is 1. The summed E-state index contributed by atoms with van der Waals surface area (Å²) in [5.41, 5.74) is 12.4. The summed E-state index contributed by atoms with van der Waals surface area (Å²) in [5.74, 6) is 0.228. The summed E-state index contributed by atoms with van der Waals surface area (Å²) >= 11 is 0. The number of aromatic nitrogens is 1. The molecule has 0 saturated carbocycles. The van der Waals surface area contributed by atoms with E-state index in [9.17, 15) is 0 Å². The van der Waals surface area contributed by atoms with Crippen LogP contribution in [0.4, 0.5) is 11.6 Å². The van der Waals surface area contributed by atoms with Crippen molar-refractivity contribution < 1.29 is 9.52 Å². The van der Waals surface area contributed by atoms with E-state index in [0.717, 1.165) is 5.39 Å². The Morgan fingerprint density at radius 3 is 2.93 bits per heavy atom. The Morgan fingerprint density at radius 1 is 1.53 bits per heavy atom. The van der Waals surface area contributed by atoms with E-state index in [4.69, 9.17) is 21.0 Å². The largest absolute Gasteiger partial charge is 0.420 e. The molecular formula is C9H14N4O2. The van der Waals surface area contributed by atoms with Crippen LogP contribution in [0.2, 0.25) is 0 Å². The molecule has 0 fully saturated rings. The van der Waals surface area contributed by atoms with Crippen LogP contribution in [0.5, 0.6) is 0 Å². The van der Waals surface area contributed by atoms with Gasteiger partial charge in [0.2, 0.25) is 11.6 Å². The van der Waals surface area contributed by atoms with E-state index >= 15 is 0 Å². The van der Waals surface area contributed by atoms with Crippen molar-refractivity contribution in [3.8, 4) is 0 Å². The molecule has 0 saturated heterocycles. The summed E-state index contributed by atoms with van der Waals surface area (Å²) in [7, 11) is 1.84. The highest BCUT2D eigenvalue weighted by molar-refractivity contribution is 5.94. The minimum Gasteiger partial charge on any atom is -0.420 e. The molecule has 82 valence electrons. The summed E-state index contributed by atoms with van der Waals surface area (Å²) in [6.07, 6.45) is 1.82. The van der Waals surface area contributed by atoms with Gasteiger partial charge in [0.25, 0.3) is 0 Å². The maximum Gasteiger partial charge on any atom is 0.230 e. The third kappa shape index (κ3) is 1.39. The van der Waals surface area contributed by atoms with Crippen LogP contribution in [0.15, 0.2) is 16.7 Å². The number of nitrogen functional groups attached to an aromatic ring is 2. The monoisotopic (exact) mass is 210 g/mol. The Hall–Kier alpha value is -1.82. The third-order valence-electron chi connectivity index (χ3n) is 2.37. The second-order valence-electron chi connectivity index (χ2n) is 3.36. The number of hydrogen-bond donors (Lipinski definition) is 3. The van der Waals surface area contributed by atoms with Gasteiger partial charge in [0, 0.05) is 13.2 Å². The van der Waals surface area contributed by atoms with Crippen molar-refractivity contribution in [3.05, 3.63) is 12.3 Å². The topological polar surface area (TPSA) is 93.6 Å². The molecule has 0 aliphatic heterocycles. The highest BCUT2D eigenvalue weighted by Gasteiger charge is 2.14. The molecule has 2 rings (SSSR count). The van der Waals surface area contributed by atoms with Gasteiger partial charge in [0.15, 0.2) is 0 Å². The third-order valence-corrected chi connectivity index (χ3v) is 2.37. The molecule has 0 amide bonds. The van der Waals surface area contributed by atoms with E-state index in [1.54, 1.807) is 4.68 Å². The number of rotatable bonds is 3. The number of aliphatic hydroxyl groups excluding tert-OH is 1. The van der Waals surface area contributed by atoms with Gasteiger partial charge in [-0.1, -0.05) is 0 Å². The molecular weight excluding hydrogens is 196 g/mol. The highest BCUT2D eigenvalue weighted by Crippen LogP contribution is 2.30. The Bertz CT molecular complexity index is 474. The van der Waals surface area contributed by atoms with Crippen LogP contribution in [0.3, 0.4) is 0 Å². The Morgan fingerprint density at radius 2 is 2.27 bits per heavy atom. The Kier molecular flexibility index (Phi) is 2.20. The molecule has 0 unspecified atom stereocenters. The fourth-order valence-electron chi connectivity index (χ4n) is 1.53. The van der Waals surface area contributed by atoms with Crippen LogP contribution in [0, 0.1) is 0 Å². The van der Waals surface area contributed by atoms with Gasteiger partial charge in [-0.3, -0.25) is 0 Å². The summed E-state index contributed by atoms with van der Waals surface area (Å²) in [5, 5.41) is 11.4. The van der Waals surface area contributed by atoms with Crippen molar-refractivity contribution in [2.24, 2.45) is 0 Å². The first-order chi connectivity index (χ1) is 7.15. The molecule has 2 heterocycles. The van der Waals surface area contributed by atoms with Gasteiger partial charge in [-0.2, -0.15) is 0 Å². The molecule has 0 atom stereocenters. The zero-order valence-corrected chi connectivity index (χ0v) is 8.47. The molecule has 15 heavy (non-hydrogen) atoms. The SMILES string of the molecule is CN(CCO)n1ccc2c(N)c(N)oc21. The van der Waals surface area contributed by atoms with Crippen molar-refractivity contribution in [1.82, 2.24) is 4.68 Å². The smallest absolute Gasteiger partial charge is 0.230 e. The fraction of sp³-hybridized carbons (Fsp3) is 0.333. The van der Waals surface area contributed by atoms with E-state index in [1.807, 2.05) is 24.3 Å². The fourth-order valence-corrected chi connectivity index (χ4v) is 1.53. The van der Waals surface area contributed by atoms with Crippen LogP contribution in [0.1, 0.15) is 0 Å². The van der Waals surface area contributed by atoms with Crippen LogP contribution in [-0.2, 0) is 0 Å². The van der Waals surface area contributed by atoms with Crippen LogP contribution in [0.25, 0.3) is 11.1 Å². The molecule has 6 nitrogen and oxygen atoms in total. The van der Waals surface area contributed by atoms with E-state index in [2.05, 4.69) is 0 Å². The van der Waals surface area contributed by atoms with Crippen molar-refractivity contribution in [2.45, 2.75) is 0 Å².